The Bertz CT molecular complexity index is 2950. The molecule has 12 bridgehead atoms. The Kier molecular flexibility index (Phi) is 15.1. The van der Waals surface area contributed by atoms with Crippen molar-refractivity contribution >= 4 is 29.7 Å². The summed E-state index contributed by atoms with van der Waals surface area (Å²) in [6.45, 7) is 1.93. The molecule has 0 N–H and O–H groups in total. The normalized spacial score (nSPS) is 36.3. The first kappa shape index (κ1) is 54.9. The van der Waals surface area contributed by atoms with Gasteiger partial charge in [0.2, 0.25) is 0 Å². The summed E-state index contributed by atoms with van der Waals surface area (Å²) < 4.78 is 34.3. The molecule has 0 unspecified atom stereocenters. The standard InChI is InChI=1S/2C33H35.C4H7F3Si.2ClH.Zr/c2*1-2-28-15-26(18-32-10-8-22(17-32)9-11-32)16-31(28)30(3-1)27-4-6-29(7-5-27)33-19-23-12-24(20-33)14-25(13-23)21-33;1-8-3-2-4(5,6)7;;;/h2*1-7,16,18,22-25H,8-14,17,19-21H2;2-3H2,1H3;2*1H;/q2*-1;;;;+2/p-2. The maximum atomic E-state index is 11.4. The van der Waals surface area contributed by atoms with Crippen LogP contribution in [-0.4, -0.2) is 11.6 Å². The molecule has 0 saturated heterocycles. The van der Waals surface area contributed by atoms with Gasteiger partial charge in [-0.1, -0.05) is 135 Å². The van der Waals surface area contributed by atoms with Crippen molar-refractivity contribution in [2.45, 2.75) is 177 Å². The average Bonchev–Trinajstić information content (AvgIpc) is 4.27. The molecule has 7 heteroatoms. The number of allylic oxidation sites excluding steroid dienone is 4. The van der Waals surface area contributed by atoms with Gasteiger partial charge in [-0.25, -0.2) is 0 Å². The summed E-state index contributed by atoms with van der Waals surface area (Å²) in [4.78, 5) is 0. The van der Waals surface area contributed by atoms with E-state index >= 15 is 0 Å². The van der Waals surface area contributed by atoms with Gasteiger partial charge in [-0.15, -0.1) is 80.6 Å². The van der Waals surface area contributed by atoms with Crippen LogP contribution < -0.4 is 45.7 Å². The Morgan fingerprint density at radius 1 is 0.506 bits per heavy atom. The molecule has 77 heavy (non-hydrogen) atoms. The molecule has 0 amide bonds. The van der Waals surface area contributed by atoms with E-state index in [0.717, 1.165) is 47.3 Å². The third-order valence-corrected chi connectivity index (χ3v) is 25.2. The first-order valence-electron chi connectivity index (χ1n) is 30.0. The first-order valence-corrected chi connectivity index (χ1v) is 35.9. The molecule has 14 aliphatic carbocycles. The van der Waals surface area contributed by atoms with Crippen LogP contribution in [0.1, 0.15) is 159 Å². The van der Waals surface area contributed by atoms with E-state index in [9.17, 15) is 13.2 Å². The number of fused-ring (bicyclic) bond motifs is 6. The van der Waals surface area contributed by atoms with Gasteiger partial charge in [-0.2, -0.15) is 0 Å². The van der Waals surface area contributed by atoms with Gasteiger partial charge in [0, 0.05) is 0 Å². The summed E-state index contributed by atoms with van der Waals surface area (Å²) in [6, 6.07) is 33.7. The molecule has 12 saturated carbocycles. The smallest absolute Gasteiger partial charge is 0.00391 e. The van der Waals surface area contributed by atoms with Gasteiger partial charge in [-0.3, -0.25) is 0 Å². The van der Waals surface area contributed by atoms with Crippen molar-refractivity contribution in [3.63, 3.8) is 0 Å². The average molecular weight is 1170 g/mol. The van der Waals surface area contributed by atoms with Gasteiger partial charge in [-0.05, 0) is 181 Å². The van der Waals surface area contributed by atoms with Crippen LogP contribution in [0.2, 0.25) is 12.6 Å². The van der Waals surface area contributed by atoms with Gasteiger partial charge >= 0.3 is 67.1 Å². The van der Waals surface area contributed by atoms with Gasteiger partial charge in [0.05, 0.1) is 0 Å². The molecule has 0 aromatic heterocycles. The van der Waals surface area contributed by atoms with E-state index in [0.29, 0.717) is 27.7 Å². The number of benzene rings is 4. The zero-order valence-corrected chi connectivity index (χ0v) is 50.3. The maximum Gasteiger partial charge on any atom is -0.00391 e. The molecule has 12 fully saturated rings. The Hall–Kier alpha value is -2.69. The van der Waals surface area contributed by atoms with E-state index in [1.807, 2.05) is 6.55 Å². The number of alkyl halides is 3. The molecule has 0 nitrogen and oxygen atoms in total. The number of hydrogen-bond acceptors (Lipinski definition) is 0. The predicted molar refractivity (Wildman–Crippen MR) is 299 cm³/mol. The van der Waals surface area contributed by atoms with Crippen LogP contribution in [-0.2, 0) is 34.2 Å². The van der Waals surface area contributed by atoms with Gasteiger partial charge in [0.25, 0.3) is 0 Å². The molecule has 0 spiro atoms. The summed E-state index contributed by atoms with van der Waals surface area (Å²) in [5, 5.41) is 5.34. The number of rotatable bonds is 8. The third kappa shape index (κ3) is 10.9. The minimum Gasteiger partial charge on any atom is -1.00 e. The van der Waals surface area contributed by atoms with Gasteiger partial charge in [0.1, 0.15) is 0 Å². The fourth-order valence-electron chi connectivity index (χ4n) is 19.8. The zero-order valence-electron chi connectivity index (χ0n) is 45.4. The molecule has 0 atom stereocenters. The van der Waals surface area contributed by atoms with Crippen LogP contribution in [0.4, 0.5) is 13.2 Å². The third-order valence-electron chi connectivity index (χ3n) is 22.4. The van der Waals surface area contributed by atoms with Crippen molar-refractivity contribution in [3.8, 4) is 22.3 Å². The number of hydrogen-bond donors (Lipinski definition) is 0. The van der Waals surface area contributed by atoms with Crippen LogP contribution in [0.25, 0.3) is 46.6 Å². The second-order valence-electron chi connectivity index (χ2n) is 27.7. The molecule has 0 aliphatic heterocycles. The summed E-state index contributed by atoms with van der Waals surface area (Å²) in [5.41, 5.74) is 12.8. The fourth-order valence-corrected chi connectivity index (χ4v) is 21.4. The first-order chi connectivity index (χ1) is 36.2. The van der Waals surface area contributed by atoms with Crippen molar-refractivity contribution in [3.05, 3.63) is 140 Å². The van der Waals surface area contributed by atoms with E-state index in [1.54, 1.807) is 11.1 Å². The van der Waals surface area contributed by atoms with Crippen LogP contribution >= 0.6 is 0 Å². The molecule has 14 aliphatic rings. The molecule has 18 rings (SSSR count). The molecule has 4 aromatic rings. The Morgan fingerprint density at radius 3 is 1.14 bits per heavy atom. The minimum absolute atomic E-state index is 0. The number of halogens is 5. The molecule has 0 radical (unpaired) electrons. The van der Waals surface area contributed by atoms with Crippen LogP contribution in [0, 0.1) is 58.2 Å². The Labute approximate surface area is 485 Å². The quantitative estimate of drug-likeness (QED) is 0.122. The van der Waals surface area contributed by atoms with E-state index in [-0.39, 0.29) is 24.8 Å². The van der Waals surface area contributed by atoms with Gasteiger partial charge < -0.3 is 24.8 Å². The van der Waals surface area contributed by atoms with Gasteiger partial charge in [0.15, 0.2) is 0 Å². The van der Waals surface area contributed by atoms with Crippen molar-refractivity contribution < 1.29 is 61.3 Å². The molecule has 402 valence electrons. The summed E-state index contributed by atoms with van der Waals surface area (Å²) in [7, 11) is 0. The van der Waals surface area contributed by atoms with Crippen molar-refractivity contribution in [2.75, 3.05) is 0 Å². The zero-order chi connectivity index (χ0) is 50.7. The fraction of sp³-hybridized carbons (Fsp3) is 0.543. The van der Waals surface area contributed by atoms with Crippen molar-refractivity contribution in [1.29, 1.82) is 0 Å². The summed E-state index contributed by atoms with van der Waals surface area (Å²) in [6.07, 6.45) is 45.1. The Morgan fingerprint density at radius 2 is 0.857 bits per heavy atom. The largest absolute Gasteiger partial charge is 1.00 e. The van der Waals surface area contributed by atoms with E-state index in [2.05, 4.69) is 121 Å². The second kappa shape index (κ2) is 21.2. The second-order valence-corrected chi connectivity index (χ2v) is 36.1. The monoisotopic (exact) mass is 1160 g/mol. The minimum atomic E-state index is -3.93. The van der Waals surface area contributed by atoms with Crippen LogP contribution in [0.5, 0.6) is 0 Å². The molecular formula is C70H77Cl2F3SiZr-2. The van der Waals surface area contributed by atoms with E-state index < -0.39 is 18.0 Å². The maximum absolute atomic E-state index is 11.4. The topological polar surface area (TPSA) is 0 Å². The van der Waals surface area contributed by atoms with Crippen LogP contribution in [0.15, 0.2) is 108 Å². The van der Waals surface area contributed by atoms with E-state index in [4.69, 9.17) is 0 Å². The van der Waals surface area contributed by atoms with Crippen molar-refractivity contribution in [1.82, 2.24) is 0 Å². The summed E-state index contributed by atoms with van der Waals surface area (Å²) >= 11 is 1.29. The molecule has 4 aromatic carbocycles. The van der Waals surface area contributed by atoms with E-state index in [1.165, 1.54) is 219 Å². The predicted octanol–water partition coefficient (Wildman–Crippen LogP) is 9.67. The molecular weight excluding hydrogens is 1090 g/mol. The Balaban J connectivity index is 0.000000131. The van der Waals surface area contributed by atoms with Crippen molar-refractivity contribution in [2.24, 2.45) is 58.2 Å². The molecule has 0 heterocycles. The summed E-state index contributed by atoms with van der Waals surface area (Å²) in [5.74, 6) is 8.04. The SMILES string of the molecule is C[Si](=[Zr+2])CCC(F)(F)F.[C-]1=c2cccc(-c3ccc(C45CC6CC(CC(C6)C4)C5)cc3)c2=CC1=CC12CCC(CC1)C2.[C-]1=c2cccc(-c3ccc(C45CC6CC(CC(C6)C4)C5)cc3)c2=CC1=CC12CCC(CC1)C2.[Cl-].[Cl-]. The van der Waals surface area contributed by atoms with Crippen LogP contribution in [0.3, 0.4) is 0 Å².